The Morgan fingerprint density at radius 3 is 2.33 bits per heavy atom. The number of benzene rings is 2. The molecule has 0 aliphatic carbocycles. The second-order valence-corrected chi connectivity index (χ2v) is 5.46. The van der Waals surface area contributed by atoms with E-state index in [1.165, 1.54) is 5.56 Å². The van der Waals surface area contributed by atoms with Gasteiger partial charge in [0.2, 0.25) is 5.91 Å². The molecular weight excluding hydrogens is 302 g/mol. The molecule has 0 bridgehead atoms. The van der Waals surface area contributed by atoms with Crippen molar-refractivity contribution >= 4 is 5.91 Å². The summed E-state index contributed by atoms with van der Waals surface area (Å²) in [4.78, 5) is 14.2. The molecule has 0 fully saturated rings. The number of rotatable bonds is 9. The lowest BCUT2D eigenvalue weighted by molar-refractivity contribution is -0.131. The van der Waals surface area contributed by atoms with E-state index < -0.39 is 0 Å². The lowest BCUT2D eigenvalue weighted by Gasteiger charge is -2.21. The van der Waals surface area contributed by atoms with Crippen LogP contribution in [0.4, 0.5) is 0 Å². The summed E-state index contributed by atoms with van der Waals surface area (Å²) < 4.78 is 10.9. The van der Waals surface area contributed by atoms with Gasteiger partial charge in [-0.2, -0.15) is 0 Å². The van der Waals surface area contributed by atoms with E-state index >= 15 is 0 Å². The van der Waals surface area contributed by atoms with Gasteiger partial charge in [0.15, 0.2) is 11.5 Å². The molecule has 1 amide bonds. The third kappa shape index (κ3) is 5.30. The van der Waals surface area contributed by atoms with Crippen LogP contribution >= 0.6 is 0 Å². The summed E-state index contributed by atoms with van der Waals surface area (Å²) in [6.45, 7) is 3.79. The third-order valence-corrected chi connectivity index (χ3v) is 3.89. The highest BCUT2D eigenvalue weighted by atomic mass is 16.5. The number of hydrogen-bond acceptors (Lipinski definition) is 3. The summed E-state index contributed by atoms with van der Waals surface area (Å²) in [6, 6.07) is 17.7. The highest BCUT2D eigenvalue weighted by Crippen LogP contribution is 2.25. The van der Waals surface area contributed by atoms with Gasteiger partial charge < -0.3 is 14.4 Å². The summed E-state index contributed by atoms with van der Waals surface area (Å²) in [5.41, 5.74) is 1.24. The van der Waals surface area contributed by atoms with E-state index in [1.54, 1.807) is 7.11 Å². The van der Waals surface area contributed by atoms with Crippen LogP contribution in [0.2, 0.25) is 0 Å². The molecule has 0 heterocycles. The molecule has 2 rings (SSSR count). The largest absolute Gasteiger partial charge is 0.493 e. The second kappa shape index (κ2) is 9.60. The molecule has 2 aromatic rings. The van der Waals surface area contributed by atoms with E-state index in [1.807, 2.05) is 54.3 Å². The van der Waals surface area contributed by atoms with Gasteiger partial charge in [-0.05, 0) is 31.0 Å². The Hall–Kier alpha value is -2.49. The maximum absolute atomic E-state index is 12.4. The minimum atomic E-state index is 0.114. The molecule has 0 unspecified atom stereocenters. The Kier molecular flexibility index (Phi) is 7.15. The molecule has 0 aliphatic rings. The minimum absolute atomic E-state index is 0.114. The predicted molar refractivity (Wildman–Crippen MR) is 95.5 cm³/mol. The fourth-order valence-electron chi connectivity index (χ4n) is 2.51. The zero-order valence-electron chi connectivity index (χ0n) is 14.4. The Bertz CT molecular complexity index is 628. The van der Waals surface area contributed by atoms with Gasteiger partial charge in [-0.25, -0.2) is 0 Å². The van der Waals surface area contributed by atoms with Gasteiger partial charge in [0, 0.05) is 13.1 Å². The molecule has 0 aliphatic heterocycles. The van der Waals surface area contributed by atoms with Gasteiger partial charge in [-0.1, -0.05) is 42.5 Å². The monoisotopic (exact) mass is 327 g/mol. The number of ether oxygens (including phenoxy) is 2. The zero-order valence-corrected chi connectivity index (χ0v) is 14.4. The van der Waals surface area contributed by atoms with Gasteiger partial charge in [0.05, 0.1) is 20.1 Å². The first-order valence-electron chi connectivity index (χ1n) is 8.32. The molecule has 4 nitrogen and oxygen atoms in total. The quantitative estimate of drug-likeness (QED) is 0.707. The number of para-hydroxylation sites is 2. The molecule has 4 heteroatoms. The molecule has 24 heavy (non-hydrogen) atoms. The molecule has 0 N–H and O–H groups in total. The van der Waals surface area contributed by atoms with E-state index in [0.29, 0.717) is 31.1 Å². The van der Waals surface area contributed by atoms with Gasteiger partial charge in [-0.3, -0.25) is 4.79 Å². The van der Waals surface area contributed by atoms with Crippen LogP contribution in [0.1, 0.15) is 18.9 Å². The maximum atomic E-state index is 12.4. The van der Waals surface area contributed by atoms with E-state index in [-0.39, 0.29) is 5.91 Å². The van der Waals surface area contributed by atoms with Crippen LogP contribution in [0.5, 0.6) is 11.5 Å². The Morgan fingerprint density at radius 2 is 1.67 bits per heavy atom. The summed E-state index contributed by atoms with van der Waals surface area (Å²) in [5, 5.41) is 0. The van der Waals surface area contributed by atoms with Crippen molar-refractivity contribution in [2.45, 2.75) is 19.8 Å². The van der Waals surface area contributed by atoms with Crippen LogP contribution in [-0.4, -0.2) is 37.6 Å². The highest BCUT2D eigenvalue weighted by Gasteiger charge is 2.12. The standard InChI is InChI=1S/C20H25NO3/c1-3-21(15-13-17-9-5-4-6-10-17)20(22)14-16-24-19-12-8-7-11-18(19)23-2/h4-12H,3,13-16H2,1-2H3. The second-order valence-electron chi connectivity index (χ2n) is 5.46. The summed E-state index contributed by atoms with van der Waals surface area (Å²) in [5.74, 6) is 1.46. The van der Waals surface area contributed by atoms with Crippen LogP contribution in [0.3, 0.4) is 0 Å². The first kappa shape index (κ1) is 17.9. The predicted octanol–water partition coefficient (Wildman–Crippen LogP) is 3.56. The average molecular weight is 327 g/mol. The number of nitrogens with zero attached hydrogens (tertiary/aromatic N) is 1. The first-order valence-corrected chi connectivity index (χ1v) is 8.32. The van der Waals surface area contributed by atoms with Gasteiger partial charge in [-0.15, -0.1) is 0 Å². The smallest absolute Gasteiger partial charge is 0.225 e. The molecule has 0 aromatic heterocycles. The number of hydrogen-bond donors (Lipinski definition) is 0. The molecular formula is C20H25NO3. The van der Waals surface area contributed by atoms with Crippen molar-refractivity contribution in [3.63, 3.8) is 0 Å². The zero-order chi connectivity index (χ0) is 17.2. The van der Waals surface area contributed by atoms with E-state index in [9.17, 15) is 4.79 Å². The van der Waals surface area contributed by atoms with Crippen LogP contribution in [0.25, 0.3) is 0 Å². The Morgan fingerprint density at radius 1 is 1.00 bits per heavy atom. The van der Waals surface area contributed by atoms with Crippen molar-refractivity contribution in [1.82, 2.24) is 4.90 Å². The number of likely N-dealkylation sites (N-methyl/N-ethyl adjacent to an activating group) is 1. The number of methoxy groups -OCH3 is 1. The van der Waals surface area contributed by atoms with Crippen LogP contribution in [0.15, 0.2) is 54.6 Å². The fraction of sp³-hybridized carbons (Fsp3) is 0.350. The summed E-state index contributed by atoms with van der Waals surface area (Å²) in [6.07, 6.45) is 1.23. The number of carbonyl (C=O) groups is 1. The Balaban J connectivity index is 1.79. The third-order valence-electron chi connectivity index (χ3n) is 3.89. The van der Waals surface area contributed by atoms with Crippen LogP contribution in [0, 0.1) is 0 Å². The molecule has 0 atom stereocenters. The molecule has 128 valence electrons. The maximum Gasteiger partial charge on any atom is 0.225 e. The van der Waals surface area contributed by atoms with Crippen molar-refractivity contribution in [3.8, 4) is 11.5 Å². The van der Waals surface area contributed by atoms with Crippen molar-refractivity contribution < 1.29 is 14.3 Å². The normalized spacial score (nSPS) is 10.2. The first-order chi connectivity index (χ1) is 11.7. The summed E-state index contributed by atoms with van der Waals surface area (Å²) in [7, 11) is 1.61. The highest BCUT2D eigenvalue weighted by molar-refractivity contribution is 5.76. The van der Waals surface area contributed by atoms with E-state index in [4.69, 9.17) is 9.47 Å². The van der Waals surface area contributed by atoms with E-state index in [2.05, 4.69) is 12.1 Å². The topological polar surface area (TPSA) is 38.8 Å². The van der Waals surface area contributed by atoms with Crippen molar-refractivity contribution in [3.05, 3.63) is 60.2 Å². The van der Waals surface area contributed by atoms with Gasteiger partial charge >= 0.3 is 0 Å². The van der Waals surface area contributed by atoms with Crippen molar-refractivity contribution in [1.29, 1.82) is 0 Å². The van der Waals surface area contributed by atoms with E-state index in [0.717, 1.165) is 13.0 Å². The average Bonchev–Trinajstić information content (AvgIpc) is 2.63. The molecule has 0 saturated carbocycles. The van der Waals surface area contributed by atoms with Crippen molar-refractivity contribution in [2.24, 2.45) is 0 Å². The van der Waals surface area contributed by atoms with Crippen LogP contribution in [-0.2, 0) is 11.2 Å². The van der Waals surface area contributed by atoms with Gasteiger partial charge in [0.25, 0.3) is 0 Å². The Labute approximate surface area is 144 Å². The lowest BCUT2D eigenvalue weighted by Crippen LogP contribution is -2.33. The molecule has 0 spiro atoms. The number of amides is 1. The molecule has 0 saturated heterocycles. The van der Waals surface area contributed by atoms with Crippen LogP contribution < -0.4 is 9.47 Å². The minimum Gasteiger partial charge on any atom is -0.493 e. The molecule has 0 radical (unpaired) electrons. The SMILES string of the molecule is CCN(CCc1ccccc1)C(=O)CCOc1ccccc1OC. The summed E-state index contributed by atoms with van der Waals surface area (Å²) >= 11 is 0. The van der Waals surface area contributed by atoms with Gasteiger partial charge in [0.1, 0.15) is 0 Å². The molecule has 2 aromatic carbocycles. The number of carbonyl (C=O) groups excluding carboxylic acids is 1. The van der Waals surface area contributed by atoms with Crippen molar-refractivity contribution in [2.75, 3.05) is 26.8 Å². The fourth-order valence-corrected chi connectivity index (χ4v) is 2.51. The lowest BCUT2D eigenvalue weighted by atomic mass is 10.1.